The number of hydrogen-bond acceptors (Lipinski definition) is 5. The maximum atomic E-state index is 11.3. The fourth-order valence-electron chi connectivity index (χ4n) is 2.22. The molecule has 106 valence electrons. The summed E-state index contributed by atoms with van der Waals surface area (Å²) in [6.45, 7) is 3.90. The van der Waals surface area contributed by atoms with Crippen molar-refractivity contribution in [2.45, 2.75) is 37.3 Å². The monoisotopic (exact) mass is 285 g/mol. The second-order valence-electron chi connectivity index (χ2n) is 5.61. The highest BCUT2D eigenvalue weighted by atomic mass is 32.2. The number of sulfonamides is 1. The molecule has 7 heteroatoms. The summed E-state index contributed by atoms with van der Waals surface area (Å²) in [6.07, 6.45) is 0.260. The third-order valence-corrected chi connectivity index (χ3v) is 4.71. The number of benzene rings is 1. The van der Waals surface area contributed by atoms with Crippen molar-refractivity contribution in [1.82, 2.24) is 0 Å². The van der Waals surface area contributed by atoms with Crippen LogP contribution in [0.3, 0.4) is 0 Å². The van der Waals surface area contributed by atoms with Crippen LogP contribution < -0.4 is 16.2 Å². The van der Waals surface area contributed by atoms with E-state index >= 15 is 0 Å². The summed E-state index contributed by atoms with van der Waals surface area (Å²) >= 11 is 0. The standard InChI is InChI=1S/C12H19N3O3S/c1-12(2)10(6-11(12)16)15-8-3-7(13)4-9(5-8)19(14,17)18/h3-5,10-11,15-16H,6,13H2,1-2H3,(H2,14,17,18). The average molecular weight is 285 g/mol. The molecule has 0 amide bonds. The second-order valence-corrected chi connectivity index (χ2v) is 7.17. The van der Waals surface area contributed by atoms with Crippen molar-refractivity contribution in [2.24, 2.45) is 10.6 Å². The second kappa shape index (κ2) is 4.36. The Morgan fingerprint density at radius 2 is 2.00 bits per heavy atom. The highest BCUT2D eigenvalue weighted by molar-refractivity contribution is 7.89. The molecule has 19 heavy (non-hydrogen) atoms. The topological polar surface area (TPSA) is 118 Å². The number of nitrogens with one attached hydrogen (secondary N) is 1. The molecule has 2 rings (SSSR count). The smallest absolute Gasteiger partial charge is 0.238 e. The summed E-state index contributed by atoms with van der Waals surface area (Å²) < 4.78 is 22.7. The number of anilines is 2. The van der Waals surface area contributed by atoms with Crippen LogP contribution in [-0.4, -0.2) is 25.7 Å². The van der Waals surface area contributed by atoms with Crippen LogP contribution in [0.2, 0.25) is 0 Å². The van der Waals surface area contributed by atoms with Gasteiger partial charge in [0.15, 0.2) is 0 Å². The minimum Gasteiger partial charge on any atom is -0.399 e. The molecule has 0 aliphatic heterocycles. The molecule has 0 bridgehead atoms. The molecule has 1 fully saturated rings. The number of rotatable bonds is 3. The zero-order valence-corrected chi connectivity index (χ0v) is 11.7. The third kappa shape index (κ3) is 2.68. The molecule has 1 saturated carbocycles. The normalized spacial score (nSPS) is 25.7. The number of aliphatic hydroxyl groups excluding tert-OH is 1. The number of hydrogen-bond donors (Lipinski definition) is 4. The van der Waals surface area contributed by atoms with Crippen LogP contribution >= 0.6 is 0 Å². The zero-order valence-electron chi connectivity index (χ0n) is 10.9. The lowest BCUT2D eigenvalue weighted by molar-refractivity contribution is -0.0510. The minimum atomic E-state index is -3.78. The fraction of sp³-hybridized carbons (Fsp3) is 0.500. The Bertz CT molecular complexity index is 598. The van der Waals surface area contributed by atoms with E-state index in [1.165, 1.54) is 12.1 Å². The first-order chi connectivity index (χ1) is 8.60. The van der Waals surface area contributed by atoms with E-state index in [0.29, 0.717) is 17.8 Å². The lowest BCUT2D eigenvalue weighted by Gasteiger charge is -2.49. The van der Waals surface area contributed by atoms with Gasteiger partial charge in [-0.25, -0.2) is 13.6 Å². The number of aliphatic hydroxyl groups is 1. The van der Waals surface area contributed by atoms with Crippen LogP contribution in [0.4, 0.5) is 11.4 Å². The molecule has 0 radical (unpaired) electrons. The molecule has 1 aliphatic carbocycles. The molecule has 0 saturated heterocycles. The van der Waals surface area contributed by atoms with Crippen molar-refractivity contribution in [3.05, 3.63) is 18.2 Å². The first-order valence-electron chi connectivity index (χ1n) is 5.98. The maximum absolute atomic E-state index is 11.3. The van der Waals surface area contributed by atoms with Gasteiger partial charge in [0.25, 0.3) is 0 Å². The van der Waals surface area contributed by atoms with E-state index < -0.39 is 10.0 Å². The van der Waals surface area contributed by atoms with Crippen LogP contribution in [0, 0.1) is 5.41 Å². The Morgan fingerprint density at radius 3 is 2.47 bits per heavy atom. The summed E-state index contributed by atoms with van der Waals surface area (Å²) in [4.78, 5) is -0.0207. The van der Waals surface area contributed by atoms with Gasteiger partial charge in [-0.05, 0) is 24.6 Å². The Labute approximate surface area is 112 Å². The third-order valence-electron chi connectivity index (χ3n) is 3.81. The van der Waals surface area contributed by atoms with Gasteiger partial charge in [0.05, 0.1) is 11.0 Å². The minimum absolute atomic E-state index is 0.0207. The highest BCUT2D eigenvalue weighted by Crippen LogP contribution is 2.42. The largest absolute Gasteiger partial charge is 0.399 e. The van der Waals surface area contributed by atoms with Crippen LogP contribution in [-0.2, 0) is 10.0 Å². The molecule has 0 aromatic heterocycles. The summed E-state index contributed by atoms with van der Waals surface area (Å²) in [6, 6.07) is 4.49. The van der Waals surface area contributed by atoms with Crippen LogP contribution in [0.25, 0.3) is 0 Å². The van der Waals surface area contributed by atoms with E-state index in [4.69, 9.17) is 10.9 Å². The van der Waals surface area contributed by atoms with Crippen molar-refractivity contribution in [1.29, 1.82) is 0 Å². The van der Waals surface area contributed by atoms with Crippen molar-refractivity contribution in [2.75, 3.05) is 11.1 Å². The molecule has 6 nitrogen and oxygen atoms in total. The molecule has 1 aromatic rings. The SMILES string of the molecule is CC1(C)C(O)CC1Nc1cc(N)cc(S(N)(=O)=O)c1. The summed E-state index contributed by atoms with van der Waals surface area (Å²) in [7, 11) is -3.78. The van der Waals surface area contributed by atoms with Gasteiger partial charge >= 0.3 is 0 Å². The van der Waals surface area contributed by atoms with Gasteiger partial charge in [0.1, 0.15) is 0 Å². The Kier molecular flexibility index (Phi) is 3.24. The van der Waals surface area contributed by atoms with Gasteiger partial charge in [-0.2, -0.15) is 0 Å². The average Bonchev–Trinajstić information content (AvgIpc) is 2.27. The first kappa shape index (κ1) is 14.1. The van der Waals surface area contributed by atoms with Gasteiger partial charge in [-0.3, -0.25) is 0 Å². The Balaban J connectivity index is 2.25. The number of nitrogen functional groups attached to an aromatic ring is 1. The number of nitrogens with two attached hydrogens (primary N) is 2. The van der Waals surface area contributed by atoms with Crippen LogP contribution in [0.15, 0.2) is 23.1 Å². The lowest BCUT2D eigenvalue weighted by Crippen LogP contribution is -2.56. The van der Waals surface area contributed by atoms with E-state index in [1.807, 2.05) is 13.8 Å². The van der Waals surface area contributed by atoms with Crippen molar-refractivity contribution >= 4 is 21.4 Å². The van der Waals surface area contributed by atoms with E-state index in [0.717, 1.165) is 0 Å². The van der Waals surface area contributed by atoms with E-state index in [9.17, 15) is 13.5 Å². The Morgan fingerprint density at radius 1 is 1.37 bits per heavy atom. The van der Waals surface area contributed by atoms with E-state index in [2.05, 4.69) is 5.32 Å². The molecule has 0 spiro atoms. The van der Waals surface area contributed by atoms with Gasteiger partial charge in [0.2, 0.25) is 10.0 Å². The van der Waals surface area contributed by atoms with Crippen molar-refractivity contribution in [3.63, 3.8) is 0 Å². The summed E-state index contributed by atoms with van der Waals surface area (Å²) in [5, 5.41) is 18.0. The van der Waals surface area contributed by atoms with Crippen LogP contribution in [0.1, 0.15) is 20.3 Å². The summed E-state index contributed by atoms with van der Waals surface area (Å²) in [5.41, 5.74) is 6.34. The fourth-order valence-corrected chi connectivity index (χ4v) is 2.81. The number of primary sulfonamides is 1. The summed E-state index contributed by atoms with van der Waals surface area (Å²) in [5.74, 6) is 0. The highest BCUT2D eigenvalue weighted by Gasteiger charge is 2.47. The van der Waals surface area contributed by atoms with E-state index in [-0.39, 0.29) is 22.5 Å². The molecule has 2 unspecified atom stereocenters. The van der Waals surface area contributed by atoms with Crippen molar-refractivity contribution in [3.8, 4) is 0 Å². The van der Waals surface area contributed by atoms with Gasteiger partial charge in [0, 0.05) is 22.8 Å². The molecule has 2 atom stereocenters. The molecular formula is C12H19N3O3S. The molecule has 1 aliphatic rings. The quantitative estimate of drug-likeness (QED) is 0.603. The van der Waals surface area contributed by atoms with Gasteiger partial charge in [-0.1, -0.05) is 13.8 Å². The molecule has 0 heterocycles. The molecular weight excluding hydrogens is 266 g/mol. The Hall–Kier alpha value is -1.31. The predicted octanol–water partition coefficient (Wildman–Crippen LogP) is 0.488. The first-order valence-corrected chi connectivity index (χ1v) is 7.53. The van der Waals surface area contributed by atoms with Gasteiger partial charge in [-0.15, -0.1) is 0 Å². The molecule has 6 N–H and O–H groups in total. The predicted molar refractivity (Wildman–Crippen MR) is 74.0 cm³/mol. The lowest BCUT2D eigenvalue weighted by atomic mass is 9.64. The molecule has 1 aromatic carbocycles. The maximum Gasteiger partial charge on any atom is 0.238 e. The van der Waals surface area contributed by atoms with Crippen molar-refractivity contribution < 1.29 is 13.5 Å². The van der Waals surface area contributed by atoms with E-state index in [1.54, 1.807) is 6.07 Å². The van der Waals surface area contributed by atoms with Crippen LogP contribution in [0.5, 0.6) is 0 Å². The van der Waals surface area contributed by atoms with Gasteiger partial charge < -0.3 is 16.2 Å². The zero-order chi connectivity index (χ0) is 14.4.